The van der Waals surface area contributed by atoms with Crippen molar-refractivity contribution in [2.75, 3.05) is 24.5 Å². The maximum absolute atomic E-state index is 14.3. The van der Waals surface area contributed by atoms with E-state index in [2.05, 4.69) is 19.2 Å². The van der Waals surface area contributed by atoms with Gasteiger partial charge in [-0.2, -0.15) is 0 Å². The van der Waals surface area contributed by atoms with Crippen molar-refractivity contribution in [3.05, 3.63) is 29.6 Å². The minimum absolute atomic E-state index is 0.0434. The normalized spacial score (nSPS) is 10.6. The van der Waals surface area contributed by atoms with Crippen LogP contribution in [0, 0.1) is 5.82 Å². The summed E-state index contributed by atoms with van der Waals surface area (Å²) in [6.07, 6.45) is 2.89. The zero-order chi connectivity index (χ0) is 15.7. The van der Waals surface area contributed by atoms with Gasteiger partial charge in [0.05, 0.1) is 12.2 Å². The molecule has 0 spiro atoms. The quantitative estimate of drug-likeness (QED) is 0.652. The average molecular weight is 295 g/mol. The lowest BCUT2D eigenvalue weighted by atomic mass is 10.1. The van der Waals surface area contributed by atoms with Gasteiger partial charge in [-0.25, -0.2) is 4.39 Å². The molecule has 1 aromatic carbocycles. The molecule has 0 bridgehead atoms. The molecule has 21 heavy (non-hydrogen) atoms. The number of carbonyl (C=O) groups excluding carboxylic acids is 1. The van der Waals surface area contributed by atoms with E-state index in [4.69, 9.17) is 5.73 Å². The molecule has 118 valence electrons. The summed E-state index contributed by atoms with van der Waals surface area (Å²) < 4.78 is 14.3. The van der Waals surface area contributed by atoms with E-state index in [0.29, 0.717) is 18.8 Å². The summed E-state index contributed by atoms with van der Waals surface area (Å²) in [6, 6.07) is 5.02. The van der Waals surface area contributed by atoms with Gasteiger partial charge in [0, 0.05) is 13.1 Å². The largest absolute Gasteiger partial charge is 0.368 e. The van der Waals surface area contributed by atoms with Crippen LogP contribution in [-0.2, 0) is 11.3 Å². The van der Waals surface area contributed by atoms with Gasteiger partial charge in [-0.15, -0.1) is 0 Å². The highest BCUT2D eigenvalue weighted by Gasteiger charge is 2.17. The van der Waals surface area contributed by atoms with E-state index in [1.165, 1.54) is 6.07 Å². The smallest absolute Gasteiger partial charge is 0.236 e. The molecule has 1 rings (SSSR count). The number of para-hydroxylation sites is 1. The molecule has 1 aromatic rings. The Morgan fingerprint density at radius 1 is 1.33 bits per heavy atom. The van der Waals surface area contributed by atoms with Crippen molar-refractivity contribution in [2.45, 2.75) is 39.7 Å². The minimum atomic E-state index is -0.443. The van der Waals surface area contributed by atoms with Gasteiger partial charge in [0.1, 0.15) is 5.82 Å². The SMILES string of the molecule is CCCCN(CC(N)=O)c1c(F)cccc1CNCCC. The number of nitrogens with zero attached hydrogens (tertiary/aromatic N) is 1. The Labute approximate surface area is 126 Å². The fourth-order valence-corrected chi connectivity index (χ4v) is 2.26. The Bertz CT molecular complexity index is 451. The van der Waals surface area contributed by atoms with Crippen LogP contribution in [0.3, 0.4) is 0 Å². The summed E-state index contributed by atoms with van der Waals surface area (Å²) in [5.41, 5.74) is 6.66. The lowest BCUT2D eigenvalue weighted by Crippen LogP contribution is -2.36. The van der Waals surface area contributed by atoms with Crippen LogP contribution in [0.1, 0.15) is 38.7 Å². The zero-order valence-corrected chi connectivity index (χ0v) is 13.0. The number of primary amides is 1. The third-order valence-corrected chi connectivity index (χ3v) is 3.26. The number of hydrogen-bond donors (Lipinski definition) is 2. The molecule has 0 aromatic heterocycles. The van der Waals surface area contributed by atoms with Crippen molar-refractivity contribution in [1.82, 2.24) is 5.32 Å². The van der Waals surface area contributed by atoms with Gasteiger partial charge in [-0.3, -0.25) is 4.79 Å². The second-order valence-electron chi connectivity index (χ2n) is 5.17. The van der Waals surface area contributed by atoms with E-state index in [1.807, 2.05) is 6.07 Å². The highest BCUT2D eigenvalue weighted by molar-refractivity contribution is 5.80. The predicted molar refractivity (Wildman–Crippen MR) is 84.7 cm³/mol. The minimum Gasteiger partial charge on any atom is -0.368 e. The van der Waals surface area contributed by atoms with Crippen molar-refractivity contribution >= 4 is 11.6 Å². The number of hydrogen-bond acceptors (Lipinski definition) is 3. The van der Waals surface area contributed by atoms with Gasteiger partial charge in [-0.05, 0) is 31.0 Å². The Morgan fingerprint density at radius 3 is 2.71 bits per heavy atom. The first-order valence-corrected chi connectivity index (χ1v) is 7.61. The van der Waals surface area contributed by atoms with Gasteiger partial charge >= 0.3 is 0 Å². The zero-order valence-electron chi connectivity index (χ0n) is 13.0. The average Bonchev–Trinajstić information content (AvgIpc) is 2.44. The summed E-state index contributed by atoms with van der Waals surface area (Å²) in [5, 5.41) is 3.27. The van der Waals surface area contributed by atoms with Crippen LogP contribution >= 0.6 is 0 Å². The molecule has 5 heteroatoms. The van der Waals surface area contributed by atoms with E-state index in [1.54, 1.807) is 11.0 Å². The van der Waals surface area contributed by atoms with E-state index < -0.39 is 5.91 Å². The first kappa shape index (κ1) is 17.4. The Hall–Kier alpha value is -1.62. The molecule has 0 heterocycles. The second kappa shape index (κ2) is 9.34. The maximum atomic E-state index is 14.3. The molecule has 0 aliphatic carbocycles. The van der Waals surface area contributed by atoms with E-state index in [9.17, 15) is 9.18 Å². The molecule has 0 unspecified atom stereocenters. The lowest BCUT2D eigenvalue weighted by molar-refractivity contribution is -0.116. The molecule has 0 atom stereocenters. The molecule has 0 saturated heterocycles. The number of halogens is 1. The topological polar surface area (TPSA) is 58.4 Å². The summed E-state index contributed by atoms with van der Waals surface area (Å²) in [7, 11) is 0. The number of anilines is 1. The van der Waals surface area contributed by atoms with Gasteiger partial charge < -0.3 is 16.0 Å². The van der Waals surface area contributed by atoms with Crippen LogP contribution in [0.25, 0.3) is 0 Å². The molecule has 3 N–H and O–H groups in total. The molecule has 1 amide bonds. The summed E-state index contributed by atoms with van der Waals surface area (Å²) in [5.74, 6) is -0.745. The number of benzene rings is 1. The predicted octanol–water partition coefficient (Wildman–Crippen LogP) is 2.42. The van der Waals surface area contributed by atoms with Crippen LogP contribution in [0.15, 0.2) is 18.2 Å². The molecule has 0 aliphatic heterocycles. The van der Waals surface area contributed by atoms with Crippen molar-refractivity contribution in [1.29, 1.82) is 0 Å². The Balaban J connectivity index is 2.99. The first-order chi connectivity index (χ1) is 10.1. The molecule has 0 fully saturated rings. The standard InChI is InChI=1S/C16H26FN3O/c1-3-5-10-20(12-15(18)21)16-13(11-19-9-4-2)7-6-8-14(16)17/h6-8,19H,3-5,9-12H2,1-2H3,(H2,18,21). The highest BCUT2D eigenvalue weighted by atomic mass is 19.1. The molecule has 0 aliphatic rings. The van der Waals surface area contributed by atoms with E-state index in [0.717, 1.165) is 31.4 Å². The van der Waals surface area contributed by atoms with E-state index in [-0.39, 0.29) is 12.4 Å². The summed E-state index contributed by atoms with van der Waals surface area (Å²) >= 11 is 0. The highest BCUT2D eigenvalue weighted by Crippen LogP contribution is 2.25. The third kappa shape index (κ3) is 5.71. The van der Waals surface area contributed by atoms with E-state index >= 15 is 0 Å². The Morgan fingerprint density at radius 2 is 2.10 bits per heavy atom. The first-order valence-electron chi connectivity index (χ1n) is 7.61. The van der Waals surface area contributed by atoms with Crippen LogP contribution in [0.4, 0.5) is 10.1 Å². The fraction of sp³-hybridized carbons (Fsp3) is 0.562. The summed E-state index contributed by atoms with van der Waals surface area (Å²) in [4.78, 5) is 13.0. The summed E-state index contributed by atoms with van der Waals surface area (Å²) in [6.45, 7) is 6.28. The Kier molecular flexibility index (Phi) is 7.75. The van der Waals surface area contributed by atoms with Crippen LogP contribution in [0.5, 0.6) is 0 Å². The van der Waals surface area contributed by atoms with Gasteiger partial charge in [0.15, 0.2) is 0 Å². The van der Waals surface area contributed by atoms with Crippen molar-refractivity contribution in [3.8, 4) is 0 Å². The molecule has 0 saturated carbocycles. The molecule has 0 radical (unpaired) electrons. The van der Waals surface area contributed by atoms with Gasteiger partial charge in [0.2, 0.25) is 5.91 Å². The number of carbonyl (C=O) groups is 1. The lowest BCUT2D eigenvalue weighted by Gasteiger charge is -2.26. The van der Waals surface area contributed by atoms with Crippen LogP contribution in [-0.4, -0.2) is 25.5 Å². The molecule has 4 nitrogen and oxygen atoms in total. The van der Waals surface area contributed by atoms with Crippen LogP contribution < -0.4 is 16.0 Å². The number of unbranched alkanes of at least 4 members (excludes halogenated alkanes) is 1. The maximum Gasteiger partial charge on any atom is 0.236 e. The number of nitrogens with two attached hydrogens (primary N) is 1. The number of rotatable bonds is 10. The monoisotopic (exact) mass is 295 g/mol. The van der Waals surface area contributed by atoms with Crippen molar-refractivity contribution < 1.29 is 9.18 Å². The second-order valence-corrected chi connectivity index (χ2v) is 5.17. The van der Waals surface area contributed by atoms with Crippen LogP contribution in [0.2, 0.25) is 0 Å². The number of amides is 1. The van der Waals surface area contributed by atoms with Gasteiger partial charge in [-0.1, -0.05) is 32.4 Å². The van der Waals surface area contributed by atoms with Crippen molar-refractivity contribution in [3.63, 3.8) is 0 Å². The molecular formula is C16H26FN3O. The fourth-order valence-electron chi connectivity index (χ4n) is 2.26. The number of nitrogens with one attached hydrogen (secondary N) is 1. The molecular weight excluding hydrogens is 269 g/mol. The van der Waals surface area contributed by atoms with Crippen molar-refractivity contribution in [2.24, 2.45) is 5.73 Å². The van der Waals surface area contributed by atoms with Gasteiger partial charge in [0.25, 0.3) is 0 Å². The third-order valence-electron chi connectivity index (χ3n) is 3.26.